The van der Waals surface area contributed by atoms with E-state index < -0.39 is 28.5 Å². The van der Waals surface area contributed by atoms with Crippen molar-refractivity contribution < 1.29 is 18.0 Å². The van der Waals surface area contributed by atoms with E-state index in [9.17, 15) is 18.0 Å². The van der Waals surface area contributed by atoms with E-state index in [4.69, 9.17) is 0 Å². The highest BCUT2D eigenvalue weighted by molar-refractivity contribution is 7.92. The molecule has 0 saturated heterocycles. The summed E-state index contributed by atoms with van der Waals surface area (Å²) in [7, 11) is -4.13. The van der Waals surface area contributed by atoms with Gasteiger partial charge in [0.1, 0.15) is 12.6 Å². The molecule has 1 N–H and O–H groups in total. The Balaban J connectivity index is 1.81. The molecule has 2 amide bonds. The molecular formula is C36H41N3O4S. The van der Waals surface area contributed by atoms with E-state index in [0.29, 0.717) is 12.2 Å². The maximum atomic E-state index is 14.5. The number of carbonyl (C=O) groups excluding carboxylic acids is 2. The molecule has 8 heteroatoms. The van der Waals surface area contributed by atoms with E-state index in [1.54, 1.807) is 30.3 Å². The number of sulfonamides is 1. The largest absolute Gasteiger partial charge is 0.354 e. The maximum Gasteiger partial charge on any atom is 0.264 e. The zero-order valence-corrected chi connectivity index (χ0v) is 26.7. The summed E-state index contributed by atoms with van der Waals surface area (Å²) >= 11 is 0. The van der Waals surface area contributed by atoms with Gasteiger partial charge in [-0.15, -0.1) is 0 Å². The normalized spacial score (nSPS) is 11.9. The molecule has 0 radical (unpaired) electrons. The molecule has 0 aliphatic rings. The lowest BCUT2D eigenvalue weighted by Gasteiger charge is -2.34. The standard InChI is InChI=1S/C36H41N3O4S/c1-5-22-37-36(41)34(24-30-15-8-6-9-16-30)38(25-31-17-13-12-14-28(31)3)35(40)26-39(32-21-20-27(2)29(4)23-32)44(42,43)33-18-10-7-11-19-33/h6-21,23,34H,5,22,24-26H2,1-4H3,(H,37,41)/t34-/m1/s1. The number of nitrogens with one attached hydrogen (secondary N) is 1. The van der Waals surface area contributed by atoms with Crippen LogP contribution in [0.25, 0.3) is 0 Å². The van der Waals surface area contributed by atoms with E-state index in [0.717, 1.165) is 38.5 Å². The van der Waals surface area contributed by atoms with Gasteiger partial charge in [-0.05, 0) is 79.3 Å². The summed E-state index contributed by atoms with van der Waals surface area (Å²) in [6, 6.07) is 29.9. The van der Waals surface area contributed by atoms with Gasteiger partial charge in [0.25, 0.3) is 10.0 Å². The number of anilines is 1. The van der Waals surface area contributed by atoms with Gasteiger partial charge in [0, 0.05) is 19.5 Å². The second kappa shape index (κ2) is 14.8. The Morgan fingerprint density at radius 1 is 0.773 bits per heavy atom. The number of carbonyl (C=O) groups is 2. The summed E-state index contributed by atoms with van der Waals surface area (Å²) in [5.74, 6) is -0.750. The molecule has 230 valence electrons. The molecule has 0 heterocycles. The van der Waals surface area contributed by atoms with Crippen LogP contribution in [0.5, 0.6) is 0 Å². The molecule has 0 aromatic heterocycles. The van der Waals surface area contributed by atoms with Crippen molar-refractivity contribution in [2.24, 2.45) is 0 Å². The van der Waals surface area contributed by atoms with Crippen LogP contribution < -0.4 is 9.62 Å². The minimum atomic E-state index is -4.13. The molecule has 4 rings (SSSR count). The molecule has 0 aliphatic carbocycles. The van der Waals surface area contributed by atoms with Crippen molar-refractivity contribution >= 4 is 27.5 Å². The minimum absolute atomic E-state index is 0.0815. The van der Waals surface area contributed by atoms with E-state index in [1.807, 2.05) is 88.4 Å². The van der Waals surface area contributed by atoms with Crippen molar-refractivity contribution in [2.45, 2.75) is 58.0 Å². The zero-order chi connectivity index (χ0) is 31.7. The van der Waals surface area contributed by atoms with Gasteiger partial charge in [-0.3, -0.25) is 13.9 Å². The second-order valence-electron chi connectivity index (χ2n) is 11.0. The Kier molecular flexibility index (Phi) is 11.0. The van der Waals surface area contributed by atoms with E-state index >= 15 is 0 Å². The molecular weight excluding hydrogens is 570 g/mol. The van der Waals surface area contributed by atoms with Crippen molar-refractivity contribution in [1.29, 1.82) is 0 Å². The Hall–Kier alpha value is -4.43. The van der Waals surface area contributed by atoms with Crippen molar-refractivity contribution in [3.8, 4) is 0 Å². The fourth-order valence-corrected chi connectivity index (χ4v) is 6.45. The second-order valence-corrected chi connectivity index (χ2v) is 12.9. The molecule has 0 saturated carbocycles. The number of hydrogen-bond acceptors (Lipinski definition) is 4. The van der Waals surface area contributed by atoms with Crippen LogP contribution in [-0.2, 0) is 32.6 Å². The highest BCUT2D eigenvalue weighted by Gasteiger charge is 2.34. The number of hydrogen-bond donors (Lipinski definition) is 1. The molecule has 0 aliphatic heterocycles. The topological polar surface area (TPSA) is 86.8 Å². The van der Waals surface area contributed by atoms with Gasteiger partial charge in [-0.25, -0.2) is 8.42 Å². The van der Waals surface area contributed by atoms with Gasteiger partial charge in [0.05, 0.1) is 10.6 Å². The fraction of sp³-hybridized carbons (Fsp3) is 0.278. The van der Waals surface area contributed by atoms with E-state index in [-0.39, 0.29) is 23.8 Å². The molecule has 7 nitrogen and oxygen atoms in total. The summed E-state index contributed by atoms with van der Waals surface area (Å²) in [6.45, 7) is 7.93. The van der Waals surface area contributed by atoms with Crippen LogP contribution in [0.15, 0.2) is 108 Å². The number of rotatable bonds is 13. The number of aryl methyl sites for hydroxylation is 3. The van der Waals surface area contributed by atoms with Crippen LogP contribution >= 0.6 is 0 Å². The van der Waals surface area contributed by atoms with Gasteiger partial charge in [-0.1, -0.05) is 85.8 Å². The third kappa shape index (κ3) is 7.94. The van der Waals surface area contributed by atoms with Crippen molar-refractivity contribution in [2.75, 3.05) is 17.4 Å². The van der Waals surface area contributed by atoms with Crippen LogP contribution in [0.4, 0.5) is 5.69 Å². The number of amides is 2. The Morgan fingerprint density at radius 2 is 1.41 bits per heavy atom. The lowest BCUT2D eigenvalue weighted by Crippen LogP contribution is -2.53. The first-order chi connectivity index (χ1) is 21.1. The monoisotopic (exact) mass is 611 g/mol. The van der Waals surface area contributed by atoms with Gasteiger partial charge in [0.2, 0.25) is 11.8 Å². The van der Waals surface area contributed by atoms with E-state index in [2.05, 4.69) is 5.32 Å². The smallest absolute Gasteiger partial charge is 0.264 e. The Morgan fingerprint density at radius 3 is 2.05 bits per heavy atom. The van der Waals surface area contributed by atoms with Crippen LogP contribution in [0, 0.1) is 20.8 Å². The molecule has 44 heavy (non-hydrogen) atoms. The summed E-state index contributed by atoms with van der Waals surface area (Å²) in [5.41, 5.74) is 5.05. The van der Waals surface area contributed by atoms with Crippen molar-refractivity contribution in [3.63, 3.8) is 0 Å². The quantitative estimate of drug-likeness (QED) is 0.202. The average Bonchev–Trinajstić information content (AvgIpc) is 3.03. The molecule has 0 bridgehead atoms. The van der Waals surface area contributed by atoms with Crippen LogP contribution in [0.2, 0.25) is 0 Å². The summed E-state index contributed by atoms with van der Waals surface area (Å²) in [5, 5.41) is 2.98. The molecule has 4 aromatic carbocycles. The number of benzene rings is 4. The van der Waals surface area contributed by atoms with Gasteiger partial charge in [-0.2, -0.15) is 0 Å². The predicted octanol–water partition coefficient (Wildman–Crippen LogP) is 5.97. The Bertz CT molecular complexity index is 1670. The van der Waals surface area contributed by atoms with Crippen molar-refractivity contribution in [1.82, 2.24) is 10.2 Å². The Labute approximate surface area is 261 Å². The van der Waals surface area contributed by atoms with Crippen LogP contribution in [0.1, 0.15) is 41.2 Å². The molecule has 0 fully saturated rings. The molecule has 0 spiro atoms. The lowest BCUT2D eigenvalue weighted by atomic mass is 10.0. The third-order valence-electron chi connectivity index (χ3n) is 7.81. The third-order valence-corrected chi connectivity index (χ3v) is 9.60. The van der Waals surface area contributed by atoms with Crippen molar-refractivity contribution in [3.05, 3.63) is 131 Å². The van der Waals surface area contributed by atoms with Gasteiger partial charge >= 0.3 is 0 Å². The minimum Gasteiger partial charge on any atom is -0.354 e. The SMILES string of the molecule is CCCNC(=O)[C@@H](Cc1ccccc1)N(Cc1ccccc1C)C(=O)CN(c1ccc(C)c(C)c1)S(=O)(=O)c1ccccc1. The first kappa shape index (κ1) is 32.5. The fourth-order valence-electron chi connectivity index (χ4n) is 5.02. The summed E-state index contributed by atoms with van der Waals surface area (Å²) in [6.07, 6.45) is 1.02. The average molecular weight is 612 g/mol. The highest BCUT2D eigenvalue weighted by atomic mass is 32.2. The maximum absolute atomic E-state index is 14.5. The highest BCUT2D eigenvalue weighted by Crippen LogP contribution is 2.27. The number of nitrogens with zero attached hydrogens (tertiary/aromatic N) is 2. The lowest BCUT2D eigenvalue weighted by molar-refractivity contribution is -0.140. The van der Waals surface area contributed by atoms with E-state index in [1.165, 1.54) is 17.0 Å². The summed E-state index contributed by atoms with van der Waals surface area (Å²) < 4.78 is 29.4. The zero-order valence-electron chi connectivity index (χ0n) is 25.9. The molecule has 4 aromatic rings. The predicted molar refractivity (Wildman–Crippen MR) is 176 cm³/mol. The molecule has 1 atom stereocenters. The molecule has 0 unspecified atom stereocenters. The van der Waals surface area contributed by atoms with Gasteiger partial charge < -0.3 is 10.2 Å². The van der Waals surface area contributed by atoms with Crippen LogP contribution in [-0.4, -0.2) is 44.3 Å². The van der Waals surface area contributed by atoms with Crippen LogP contribution in [0.3, 0.4) is 0 Å². The first-order valence-corrected chi connectivity index (χ1v) is 16.4. The van der Waals surface area contributed by atoms with Gasteiger partial charge in [0.15, 0.2) is 0 Å². The summed E-state index contributed by atoms with van der Waals surface area (Å²) in [4.78, 5) is 29.9. The first-order valence-electron chi connectivity index (χ1n) is 14.9.